The van der Waals surface area contributed by atoms with Crippen LogP contribution >= 0.6 is 0 Å². The van der Waals surface area contributed by atoms with E-state index < -0.39 is 5.97 Å². The highest BCUT2D eigenvalue weighted by molar-refractivity contribution is 5.85. The summed E-state index contributed by atoms with van der Waals surface area (Å²) in [7, 11) is 1.87. The number of nitrogens with zero attached hydrogens (tertiary/aromatic N) is 1. The van der Waals surface area contributed by atoms with Crippen LogP contribution in [0.5, 0.6) is 0 Å². The van der Waals surface area contributed by atoms with Crippen LogP contribution in [0, 0.1) is 6.92 Å². The third-order valence-corrected chi connectivity index (χ3v) is 5.28. The Morgan fingerprint density at radius 1 is 1.00 bits per heavy atom. The topological polar surface area (TPSA) is 57.6 Å². The first-order valence-electron chi connectivity index (χ1n) is 10.8. The van der Waals surface area contributed by atoms with E-state index >= 15 is 0 Å². The molecule has 0 bridgehead atoms. The van der Waals surface area contributed by atoms with E-state index in [9.17, 15) is 9.59 Å². The van der Waals surface area contributed by atoms with Crippen molar-refractivity contribution in [3.8, 4) is 11.1 Å². The quantitative estimate of drug-likeness (QED) is 0.363. The molecule has 1 amide bonds. The smallest absolute Gasteiger partial charge is 0.328 e. The van der Waals surface area contributed by atoms with Crippen molar-refractivity contribution in [1.29, 1.82) is 0 Å². The predicted molar refractivity (Wildman–Crippen MR) is 123 cm³/mol. The average Bonchev–Trinajstić information content (AvgIpc) is 2.73. The second kappa shape index (κ2) is 12.0. The van der Waals surface area contributed by atoms with Crippen LogP contribution < -0.4 is 0 Å². The van der Waals surface area contributed by atoms with Gasteiger partial charge in [-0.3, -0.25) is 4.79 Å². The highest BCUT2D eigenvalue weighted by atomic mass is 16.4. The molecular weight excluding hydrogens is 374 g/mol. The number of benzene rings is 2. The summed E-state index contributed by atoms with van der Waals surface area (Å²) in [5, 5.41) is 8.75. The summed E-state index contributed by atoms with van der Waals surface area (Å²) in [4.78, 5) is 24.9. The fraction of sp³-hybridized carbons (Fsp3) is 0.385. The van der Waals surface area contributed by atoms with E-state index in [4.69, 9.17) is 5.11 Å². The van der Waals surface area contributed by atoms with E-state index in [1.807, 2.05) is 36.2 Å². The number of carboxylic acid groups (broad SMARTS) is 1. The van der Waals surface area contributed by atoms with Crippen molar-refractivity contribution < 1.29 is 14.7 Å². The molecule has 4 heteroatoms. The van der Waals surface area contributed by atoms with E-state index in [1.165, 1.54) is 19.3 Å². The number of unbranched alkanes of at least 4 members (excludes halogenated alkanes) is 4. The zero-order chi connectivity index (χ0) is 21.9. The van der Waals surface area contributed by atoms with Gasteiger partial charge < -0.3 is 10.0 Å². The average molecular weight is 408 g/mol. The molecule has 0 aromatic heterocycles. The first kappa shape index (κ1) is 23.4. The lowest BCUT2D eigenvalue weighted by Crippen LogP contribution is -2.25. The molecule has 160 valence electrons. The van der Waals surface area contributed by atoms with Crippen LogP contribution in [0.15, 0.2) is 48.5 Å². The standard InChI is InChI=1S/C26H33NO3/c1-4-5-6-7-8-9-25(28)27(3)19-22-11-10-20(2)24(18-22)23-15-12-21(13-16-23)14-17-26(29)30/h10-18H,4-9,19H2,1-3H3,(H,29,30). The van der Waals surface area contributed by atoms with Crippen LogP contribution in [0.25, 0.3) is 17.2 Å². The Balaban J connectivity index is 2.02. The van der Waals surface area contributed by atoms with Gasteiger partial charge in [0, 0.05) is 26.1 Å². The lowest BCUT2D eigenvalue weighted by atomic mass is 9.97. The van der Waals surface area contributed by atoms with Gasteiger partial charge in [-0.2, -0.15) is 0 Å². The van der Waals surface area contributed by atoms with Gasteiger partial charge in [-0.15, -0.1) is 0 Å². The minimum atomic E-state index is -0.956. The van der Waals surface area contributed by atoms with Crippen molar-refractivity contribution in [2.75, 3.05) is 7.05 Å². The maximum absolute atomic E-state index is 12.4. The van der Waals surface area contributed by atoms with Crippen LogP contribution in [0.4, 0.5) is 0 Å². The van der Waals surface area contributed by atoms with E-state index in [0.717, 1.165) is 46.7 Å². The largest absolute Gasteiger partial charge is 0.478 e. The molecule has 4 nitrogen and oxygen atoms in total. The number of aryl methyl sites for hydroxylation is 1. The number of aliphatic carboxylic acids is 1. The number of amides is 1. The number of hydrogen-bond acceptors (Lipinski definition) is 2. The van der Waals surface area contributed by atoms with E-state index in [-0.39, 0.29) is 5.91 Å². The summed E-state index contributed by atoms with van der Waals surface area (Å²) >= 11 is 0. The summed E-state index contributed by atoms with van der Waals surface area (Å²) in [5.74, 6) is -0.759. The first-order valence-corrected chi connectivity index (χ1v) is 10.8. The molecule has 0 aliphatic rings. The summed E-state index contributed by atoms with van der Waals surface area (Å²) in [6.07, 6.45) is 9.09. The number of rotatable bonds is 11. The molecule has 1 N–H and O–H groups in total. The SMILES string of the molecule is CCCCCCCC(=O)N(C)Cc1ccc(C)c(-c2ccc(C=CC(=O)O)cc2)c1. The van der Waals surface area contributed by atoms with Gasteiger partial charge in [-0.1, -0.05) is 69.0 Å². The molecule has 0 atom stereocenters. The first-order chi connectivity index (χ1) is 14.4. The molecule has 0 unspecified atom stereocenters. The van der Waals surface area contributed by atoms with Gasteiger partial charge in [0.1, 0.15) is 0 Å². The summed E-state index contributed by atoms with van der Waals surface area (Å²) in [6.45, 7) is 4.86. The molecule has 0 saturated carbocycles. The lowest BCUT2D eigenvalue weighted by molar-refractivity contribution is -0.131. The minimum Gasteiger partial charge on any atom is -0.478 e. The second-order valence-corrected chi connectivity index (χ2v) is 7.86. The third-order valence-electron chi connectivity index (χ3n) is 5.28. The lowest BCUT2D eigenvalue weighted by Gasteiger charge is -2.18. The second-order valence-electron chi connectivity index (χ2n) is 7.86. The van der Waals surface area contributed by atoms with Gasteiger partial charge in [0.25, 0.3) is 0 Å². The Morgan fingerprint density at radius 3 is 2.37 bits per heavy atom. The van der Waals surface area contributed by atoms with Gasteiger partial charge in [0.2, 0.25) is 5.91 Å². The van der Waals surface area contributed by atoms with E-state index in [0.29, 0.717) is 13.0 Å². The van der Waals surface area contributed by atoms with Crippen molar-refractivity contribution in [3.05, 3.63) is 65.2 Å². The molecule has 2 aromatic carbocycles. The van der Waals surface area contributed by atoms with Crippen molar-refractivity contribution in [1.82, 2.24) is 4.90 Å². The zero-order valence-corrected chi connectivity index (χ0v) is 18.4. The fourth-order valence-corrected chi connectivity index (χ4v) is 3.45. The number of carboxylic acids is 1. The van der Waals surface area contributed by atoms with Gasteiger partial charge in [0.05, 0.1) is 0 Å². The van der Waals surface area contributed by atoms with Gasteiger partial charge >= 0.3 is 5.97 Å². The van der Waals surface area contributed by atoms with Crippen LogP contribution in [0.3, 0.4) is 0 Å². The van der Waals surface area contributed by atoms with Gasteiger partial charge in [-0.05, 0) is 53.3 Å². The fourth-order valence-electron chi connectivity index (χ4n) is 3.45. The molecule has 30 heavy (non-hydrogen) atoms. The van der Waals surface area contributed by atoms with Crippen molar-refractivity contribution in [3.63, 3.8) is 0 Å². The monoisotopic (exact) mass is 407 g/mol. The van der Waals surface area contributed by atoms with Crippen LogP contribution in [-0.4, -0.2) is 28.9 Å². The maximum Gasteiger partial charge on any atom is 0.328 e. The molecule has 0 aliphatic carbocycles. The molecule has 0 spiro atoms. The molecule has 0 aliphatic heterocycles. The summed E-state index contributed by atoms with van der Waals surface area (Å²) in [6, 6.07) is 14.1. The predicted octanol–water partition coefficient (Wildman–Crippen LogP) is 6.08. The summed E-state index contributed by atoms with van der Waals surface area (Å²) < 4.78 is 0. The molecule has 2 rings (SSSR count). The van der Waals surface area contributed by atoms with Crippen LogP contribution in [0.1, 0.15) is 62.1 Å². The van der Waals surface area contributed by atoms with Gasteiger partial charge in [-0.25, -0.2) is 4.79 Å². The maximum atomic E-state index is 12.4. The Labute approximate surface area is 180 Å². The van der Waals surface area contributed by atoms with Gasteiger partial charge in [0.15, 0.2) is 0 Å². The molecule has 0 saturated heterocycles. The van der Waals surface area contributed by atoms with E-state index in [1.54, 1.807) is 6.08 Å². The van der Waals surface area contributed by atoms with Crippen LogP contribution in [-0.2, 0) is 16.1 Å². The van der Waals surface area contributed by atoms with Crippen molar-refractivity contribution in [2.24, 2.45) is 0 Å². The molecule has 0 radical (unpaired) electrons. The number of hydrogen-bond donors (Lipinski definition) is 1. The third kappa shape index (κ3) is 7.51. The Hall–Kier alpha value is -2.88. The summed E-state index contributed by atoms with van der Waals surface area (Å²) in [5.41, 5.74) is 5.32. The molecule has 0 heterocycles. The zero-order valence-electron chi connectivity index (χ0n) is 18.4. The highest BCUT2D eigenvalue weighted by Crippen LogP contribution is 2.26. The van der Waals surface area contributed by atoms with Crippen molar-refractivity contribution >= 4 is 18.0 Å². The van der Waals surface area contributed by atoms with Crippen molar-refractivity contribution in [2.45, 2.75) is 58.9 Å². The number of carbonyl (C=O) groups is 2. The Morgan fingerprint density at radius 2 is 1.70 bits per heavy atom. The normalized spacial score (nSPS) is 11.0. The number of carbonyl (C=O) groups excluding carboxylic acids is 1. The molecular formula is C26H33NO3. The Bertz CT molecular complexity index is 868. The van der Waals surface area contributed by atoms with Crippen LogP contribution in [0.2, 0.25) is 0 Å². The Kier molecular flexibility index (Phi) is 9.33. The van der Waals surface area contributed by atoms with E-state index in [2.05, 4.69) is 32.0 Å². The highest BCUT2D eigenvalue weighted by Gasteiger charge is 2.11. The molecule has 2 aromatic rings. The molecule has 0 fully saturated rings. The minimum absolute atomic E-state index is 0.197.